The van der Waals surface area contributed by atoms with Crippen LogP contribution in [0.1, 0.15) is 34.4 Å². The predicted octanol–water partition coefficient (Wildman–Crippen LogP) is 4.19. The van der Waals surface area contributed by atoms with Crippen molar-refractivity contribution in [3.8, 4) is 0 Å². The van der Waals surface area contributed by atoms with Crippen molar-refractivity contribution in [1.29, 1.82) is 0 Å². The number of benzene rings is 2. The molecule has 0 aliphatic carbocycles. The van der Waals surface area contributed by atoms with Crippen LogP contribution in [0.5, 0.6) is 0 Å². The summed E-state index contributed by atoms with van der Waals surface area (Å²) in [5, 5.41) is 28.5. The molecular formula is C23H28N4O3. The lowest BCUT2D eigenvalue weighted by Gasteiger charge is -2.08. The Bertz CT molecular complexity index is 1110. The molecule has 0 unspecified atom stereocenters. The normalized spacial score (nSPS) is 11.8. The van der Waals surface area contributed by atoms with Crippen molar-refractivity contribution < 1.29 is 9.97 Å². The number of H-pyrrole nitrogens is 1. The van der Waals surface area contributed by atoms with Crippen molar-refractivity contribution in [3.63, 3.8) is 0 Å². The topological polar surface area (TPSA) is 96.4 Å². The molecule has 0 saturated heterocycles. The van der Waals surface area contributed by atoms with E-state index in [9.17, 15) is 10.0 Å². The summed E-state index contributed by atoms with van der Waals surface area (Å²) in [7, 11) is 0. The molecule has 1 aromatic heterocycles. The monoisotopic (exact) mass is 408 g/mol. The van der Waals surface area contributed by atoms with Gasteiger partial charge in [0.15, 0.2) is 0 Å². The first kappa shape index (κ1) is 21.5. The fraction of sp³-hybridized carbons (Fsp3) is 0.348. The SMILES string of the molecule is Cc1ccc(C)c(CCc2cccc([N+]([O-])=Nc3c(C)[nH]n(CCCO)c3=O)c2)c1. The maximum Gasteiger partial charge on any atom is 0.298 e. The van der Waals surface area contributed by atoms with Crippen LogP contribution in [0.4, 0.5) is 11.4 Å². The average molecular weight is 409 g/mol. The van der Waals surface area contributed by atoms with E-state index in [4.69, 9.17) is 5.11 Å². The first-order valence-electron chi connectivity index (χ1n) is 10.1. The third-order valence-electron chi connectivity index (χ3n) is 5.16. The molecule has 0 saturated carbocycles. The van der Waals surface area contributed by atoms with Crippen LogP contribution in [0.25, 0.3) is 0 Å². The van der Waals surface area contributed by atoms with E-state index in [0.717, 1.165) is 18.4 Å². The molecule has 0 amide bonds. The summed E-state index contributed by atoms with van der Waals surface area (Å²) in [6.07, 6.45) is 2.14. The van der Waals surface area contributed by atoms with Gasteiger partial charge in [-0.05, 0) is 61.6 Å². The zero-order valence-corrected chi connectivity index (χ0v) is 17.7. The van der Waals surface area contributed by atoms with Crippen LogP contribution >= 0.6 is 0 Å². The van der Waals surface area contributed by atoms with E-state index in [1.807, 2.05) is 18.2 Å². The second-order valence-electron chi connectivity index (χ2n) is 7.59. The third-order valence-corrected chi connectivity index (χ3v) is 5.16. The number of hydrogen-bond acceptors (Lipinski definition) is 4. The lowest BCUT2D eigenvalue weighted by Crippen LogP contribution is -2.17. The Morgan fingerprint density at radius 3 is 2.70 bits per heavy atom. The largest absolute Gasteiger partial charge is 0.594 e. The number of nitrogens with one attached hydrogen (secondary N) is 1. The summed E-state index contributed by atoms with van der Waals surface area (Å²) in [5.41, 5.74) is 5.46. The predicted molar refractivity (Wildman–Crippen MR) is 117 cm³/mol. The Hall–Kier alpha value is -3.19. The van der Waals surface area contributed by atoms with E-state index in [1.165, 1.54) is 21.4 Å². The van der Waals surface area contributed by atoms with Crippen molar-refractivity contribution in [2.24, 2.45) is 5.11 Å². The van der Waals surface area contributed by atoms with Crippen LogP contribution in [0.15, 0.2) is 52.4 Å². The molecule has 2 aromatic carbocycles. The molecule has 0 bridgehead atoms. The van der Waals surface area contributed by atoms with Gasteiger partial charge in [-0.3, -0.25) is 14.6 Å². The van der Waals surface area contributed by atoms with Gasteiger partial charge in [0.2, 0.25) is 11.4 Å². The molecule has 3 rings (SSSR count). The Labute approximate surface area is 175 Å². The summed E-state index contributed by atoms with van der Waals surface area (Å²) in [6, 6.07) is 13.8. The maximum atomic E-state index is 12.6. The van der Waals surface area contributed by atoms with Crippen LogP contribution in [0.3, 0.4) is 0 Å². The molecular weight excluding hydrogens is 380 g/mol. The van der Waals surface area contributed by atoms with Gasteiger partial charge in [-0.15, -0.1) is 0 Å². The number of aliphatic hydroxyl groups is 1. The molecule has 0 radical (unpaired) electrons. The van der Waals surface area contributed by atoms with Crippen molar-refractivity contribution in [2.45, 2.75) is 46.6 Å². The molecule has 0 aliphatic heterocycles. The highest BCUT2D eigenvalue weighted by molar-refractivity contribution is 5.39. The fourth-order valence-corrected chi connectivity index (χ4v) is 3.43. The summed E-state index contributed by atoms with van der Waals surface area (Å²) in [6.45, 7) is 6.22. The van der Waals surface area contributed by atoms with Crippen LogP contribution in [-0.2, 0) is 19.4 Å². The highest BCUT2D eigenvalue weighted by atomic mass is 16.5. The Balaban J connectivity index is 1.79. The van der Waals surface area contributed by atoms with E-state index in [1.54, 1.807) is 13.0 Å². The van der Waals surface area contributed by atoms with Gasteiger partial charge in [0.1, 0.15) is 0 Å². The molecule has 2 N–H and O–H groups in total. The third kappa shape index (κ3) is 5.04. The molecule has 3 aromatic rings. The minimum atomic E-state index is -0.368. The van der Waals surface area contributed by atoms with Gasteiger partial charge in [0.05, 0.1) is 5.69 Å². The molecule has 0 spiro atoms. The number of azo groups is 1. The van der Waals surface area contributed by atoms with Gasteiger partial charge >= 0.3 is 0 Å². The minimum absolute atomic E-state index is 0.0144. The lowest BCUT2D eigenvalue weighted by molar-refractivity contribution is -0.435. The molecule has 158 valence electrons. The molecule has 0 fully saturated rings. The summed E-state index contributed by atoms with van der Waals surface area (Å²) >= 11 is 0. The Morgan fingerprint density at radius 2 is 1.93 bits per heavy atom. The quantitative estimate of drug-likeness (QED) is 0.332. The van der Waals surface area contributed by atoms with E-state index in [-0.39, 0.29) is 17.9 Å². The number of rotatable bonds is 8. The van der Waals surface area contributed by atoms with Gasteiger partial charge in [0.25, 0.3) is 5.56 Å². The van der Waals surface area contributed by atoms with E-state index in [2.05, 4.69) is 42.3 Å². The van der Waals surface area contributed by atoms with Crippen molar-refractivity contribution in [2.75, 3.05) is 6.61 Å². The molecule has 7 heteroatoms. The number of aryl methyl sites for hydroxylation is 6. The number of nitrogens with zero attached hydrogens (tertiary/aromatic N) is 3. The number of hydrogen-bond donors (Lipinski definition) is 2. The minimum Gasteiger partial charge on any atom is -0.594 e. The van der Waals surface area contributed by atoms with Gasteiger partial charge in [-0.25, -0.2) is 0 Å². The first-order chi connectivity index (χ1) is 14.4. The van der Waals surface area contributed by atoms with Gasteiger partial charge < -0.3 is 10.3 Å². The second-order valence-corrected chi connectivity index (χ2v) is 7.59. The number of aromatic amines is 1. The molecule has 0 aliphatic rings. The van der Waals surface area contributed by atoms with Crippen molar-refractivity contribution in [3.05, 3.63) is 86.0 Å². The van der Waals surface area contributed by atoms with Crippen LogP contribution in [-0.4, -0.2) is 26.4 Å². The van der Waals surface area contributed by atoms with Gasteiger partial charge in [-0.2, -0.15) is 0 Å². The summed E-state index contributed by atoms with van der Waals surface area (Å²) in [4.78, 5) is 12.9. The van der Waals surface area contributed by atoms with Gasteiger partial charge in [0, 0.05) is 30.4 Å². The molecule has 30 heavy (non-hydrogen) atoms. The van der Waals surface area contributed by atoms with Crippen LogP contribution in [0.2, 0.25) is 0 Å². The van der Waals surface area contributed by atoms with Crippen LogP contribution in [0, 0.1) is 26.0 Å². The highest BCUT2D eigenvalue weighted by Crippen LogP contribution is 2.20. The standard InChI is InChI=1S/C23H28N4O3/c1-16-8-9-17(2)20(14-16)11-10-19-6-4-7-21(15-19)27(30)25-22-18(3)24-26(23(22)29)12-5-13-28/h4,6-9,14-15,24,28H,5,10-13H2,1-3H3. The zero-order valence-electron chi connectivity index (χ0n) is 17.7. The van der Waals surface area contributed by atoms with Crippen molar-refractivity contribution >= 4 is 11.4 Å². The number of aromatic nitrogens is 2. The highest BCUT2D eigenvalue weighted by Gasteiger charge is 2.15. The Morgan fingerprint density at radius 1 is 1.13 bits per heavy atom. The number of aliphatic hydroxyl groups excluding tert-OH is 1. The van der Waals surface area contributed by atoms with Crippen LogP contribution < -0.4 is 5.56 Å². The zero-order chi connectivity index (χ0) is 21.7. The van der Waals surface area contributed by atoms with E-state index < -0.39 is 0 Å². The molecule has 7 nitrogen and oxygen atoms in total. The average Bonchev–Trinajstić information content (AvgIpc) is 3.00. The van der Waals surface area contributed by atoms with E-state index >= 15 is 0 Å². The fourth-order valence-electron chi connectivity index (χ4n) is 3.43. The summed E-state index contributed by atoms with van der Waals surface area (Å²) in [5.74, 6) is 0. The lowest BCUT2D eigenvalue weighted by atomic mass is 9.98. The second kappa shape index (κ2) is 9.54. The van der Waals surface area contributed by atoms with Crippen molar-refractivity contribution in [1.82, 2.24) is 9.78 Å². The van der Waals surface area contributed by atoms with E-state index in [0.29, 0.717) is 29.2 Å². The first-order valence-corrected chi connectivity index (χ1v) is 10.1. The Kier molecular flexibility index (Phi) is 6.84. The molecule has 1 heterocycles. The smallest absolute Gasteiger partial charge is 0.298 e. The van der Waals surface area contributed by atoms with Gasteiger partial charge in [-0.1, -0.05) is 35.9 Å². The molecule has 0 atom stereocenters. The maximum absolute atomic E-state index is 12.6. The summed E-state index contributed by atoms with van der Waals surface area (Å²) < 4.78 is 1.36.